The first-order valence-corrected chi connectivity index (χ1v) is 6.53. The van der Waals surface area contributed by atoms with Gasteiger partial charge < -0.3 is 9.47 Å². The lowest BCUT2D eigenvalue weighted by atomic mass is 10.1. The van der Waals surface area contributed by atoms with Gasteiger partial charge in [-0.1, -0.05) is 18.2 Å². The summed E-state index contributed by atoms with van der Waals surface area (Å²) < 4.78 is 10.5. The minimum Gasteiger partial charge on any atom is -0.454 e. The molecule has 2 aromatic carbocycles. The van der Waals surface area contributed by atoms with Gasteiger partial charge in [-0.25, -0.2) is 5.43 Å². The highest BCUT2D eigenvalue weighted by Gasteiger charge is 2.12. The molecular formula is C16H14N2O3. The van der Waals surface area contributed by atoms with Crippen molar-refractivity contribution in [1.29, 1.82) is 0 Å². The average Bonchev–Trinajstić information content (AvgIpc) is 2.95. The van der Waals surface area contributed by atoms with Crippen molar-refractivity contribution in [3.63, 3.8) is 0 Å². The summed E-state index contributed by atoms with van der Waals surface area (Å²) in [6.45, 7) is 2.12. The van der Waals surface area contributed by atoms with Crippen LogP contribution in [0, 0.1) is 6.92 Å². The molecule has 106 valence electrons. The van der Waals surface area contributed by atoms with E-state index in [-0.39, 0.29) is 12.7 Å². The molecule has 1 amide bonds. The molecule has 0 aromatic heterocycles. The second-order valence-electron chi connectivity index (χ2n) is 4.63. The molecule has 2 aromatic rings. The molecule has 0 atom stereocenters. The molecule has 0 spiro atoms. The number of amides is 1. The Morgan fingerprint density at radius 2 is 2.00 bits per heavy atom. The molecule has 21 heavy (non-hydrogen) atoms. The molecule has 0 bridgehead atoms. The monoisotopic (exact) mass is 282 g/mol. The van der Waals surface area contributed by atoms with Crippen LogP contribution in [0.15, 0.2) is 47.6 Å². The van der Waals surface area contributed by atoms with Crippen LogP contribution in [-0.4, -0.2) is 18.9 Å². The van der Waals surface area contributed by atoms with E-state index in [9.17, 15) is 4.79 Å². The van der Waals surface area contributed by atoms with Gasteiger partial charge in [0.25, 0.3) is 5.91 Å². The SMILES string of the molecule is Cc1ccccc1C(=O)N/N=C\c1ccc2c(c1)OCO2. The summed E-state index contributed by atoms with van der Waals surface area (Å²) in [4.78, 5) is 12.0. The maximum atomic E-state index is 12.0. The quantitative estimate of drug-likeness (QED) is 0.695. The lowest BCUT2D eigenvalue weighted by Crippen LogP contribution is -2.18. The lowest BCUT2D eigenvalue weighted by molar-refractivity contribution is 0.0954. The summed E-state index contributed by atoms with van der Waals surface area (Å²) in [6, 6.07) is 12.8. The number of benzene rings is 2. The molecule has 1 aliphatic rings. The summed E-state index contributed by atoms with van der Waals surface area (Å²) >= 11 is 0. The number of hydrogen-bond donors (Lipinski definition) is 1. The number of hydrogen-bond acceptors (Lipinski definition) is 4. The van der Waals surface area contributed by atoms with E-state index in [1.165, 1.54) is 0 Å². The summed E-state index contributed by atoms with van der Waals surface area (Å²) in [5, 5.41) is 3.96. The molecule has 0 unspecified atom stereocenters. The van der Waals surface area contributed by atoms with Gasteiger partial charge in [0.2, 0.25) is 6.79 Å². The van der Waals surface area contributed by atoms with E-state index in [4.69, 9.17) is 9.47 Å². The third kappa shape index (κ3) is 2.86. The summed E-state index contributed by atoms with van der Waals surface area (Å²) in [6.07, 6.45) is 1.57. The molecule has 0 saturated heterocycles. The zero-order valence-corrected chi connectivity index (χ0v) is 11.5. The van der Waals surface area contributed by atoms with Crippen LogP contribution in [0.1, 0.15) is 21.5 Å². The van der Waals surface area contributed by atoms with E-state index >= 15 is 0 Å². The maximum absolute atomic E-state index is 12.0. The predicted octanol–water partition coefficient (Wildman–Crippen LogP) is 2.49. The Hall–Kier alpha value is -2.82. The number of nitrogens with one attached hydrogen (secondary N) is 1. The number of rotatable bonds is 3. The molecule has 0 radical (unpaired) electrons. The van der Waals surface area contributed by atoms with Crippen LogP contribution in [-0.2, 0) is 0 Å². The number of hydrazone groups is 1. The van der Waals surface area contributed by atoms with Crippen LogP contribution >= 0.6 is 0 Å². The van der Waals surface area contributed by atoms with Crippen LogP contribution in [0.25, 0.3) is 0 Å². The Balaban J connectivity index is 1.67. The molecule has 0 aliphatic carbocycles. The van der Waals surface area contributed by atoms with Crippen LogP contribution in [0.4, 0.5) is 0 Å². The molecular weight excluding hydrogens is 268 g/mol. The minimum absolute atomic E-state index is 0.231. The Morgan fingerprint density at radius 1 is 1.19 bits per heavy atom. The second-order valence-corrected chi connectivity index (χ2v) is 4.63. The third-order valence-corrected chi connectivity index (χ3v) is 3.17. The smallest absolute Gasteiger partial charge is 0.271 e. The minimum atomic E-state index is -0.231. The molecule has 1 N–H and O–H groups in total. The highest BCUT2D eigenvalue weighted by atomic mass is 16.7. The van der Waals surface area contributed by atoms with Gasteiger partial charge in [-0.05, 0) is 42.3 Å². The van der Waals surface area contributed by atoms with E-state index in [2.05, 4.69) is 10.5 Å². The number of fused-ring (bicyclic) bond motifs is 1. The van der Waals surface area contributed by atoms with Gasteiger partial charge in [-0.2, -0.15) is 5.10 Å². The summed E-state index contributed by atoms with van der Waals surface area (Å²) in [5.41, 5.74) is 4.86. The molecule has 0 fully saturated rings. The maximum Gasteiger partial charge on any atom is 0.271 e. The number of ether oxygens (including phenoxy) is 2. The fraction of sp³-hybridized carbons (Fsp3) is 0.125. The zero-order valence-electron chi connectivity index (χ0n) is 11.5. The van der Waals surface area contributed by atoms with Gasteiger partial charge in [-0.15, -0.1) is 0 Å². The van der Waals surface area contributed by atoms with Crippen LogP contribution < -0.4 is 14.9 Å². The van der Waals surface area contributed by atoms with Crippen molar-refractivity contribution in [2.75, 3.05) is 6.79 Å². The van der Waals surface area contributed by atoms with Crippen molar-refractivity contribution in [2.24, 2.45) is 5.10 Å². The number of aryl methyl sites for hydroxylation is 1. The standard InChI is InChI=1S/C16H14N2O3/c1-11-4-2-3-5-13(11)16(19)18-17-9-12-6-7-14-15(8-12)21-10-20-14/h2-9H,10H2,1H3,(H,18,19)/b17-9-. The average molecular weight is 282 g/mol. The fourth-order valence-corrected chi connectivity index (χ4v) is 2.05. The van der Waals surface area contributed by atoms with Gasteiger partial charge in [0.15, 0.2) is 11.5 Å². The normalized spacial score (nSPS) is 12.6. The number of carbonyl (C=O) groups excluding carboxylic acids is 1. The molecule has 5 heteroatoms. The highest BCUT2D eigenvalue weighted by molar-refractivity contribution is 5.96. The third-order valence-electron chi connectivity index (χ3n) is 3.17. The van der Waals surface area contributed by atoms with E-state index in [0.717, 1.165) is 16.9 Å². The van der Waals surface area contributed by atoms with Gasteiger partial charge in [0.1, 0.15) is 0 Å². The van der Waals surface area contributed by atoms with E-state index < -0.39 is 0 Å². The predicted molar refractivity (Wildman–Crippen MR) is 78.8 cm³/mol. The Kier molecular flexibility index (Phi) is 3.55. The number of nitrogens with zero attached hydrogens (tertiary/aromatic N) is 1. The van der Waals surface area contributed by atoms with Crippen LogP contribution in [0.5, 0.6) is 11.5 Å². The van der Waals surface area contributed by atoms with E-state index in [0.29, 0.717) is 11.3 Å². The molecule has 1 aliphatic heterocycles. The molecule has 5 nitrogen and oxygen atoms in total. The van der Waals surface area contributed by atoms with E-state index in [1.807, 2.05) is 43.3 Å². The Labute approximate surface area is 122 Å². The summed E-state index contributed by atoms with van der Waals surface area (Å²) in [7, 11) is 0. The Bertz CT molecular complexity index is 710. The Morgan fingerprint density at radius 3 is 2.86 bits per heavy atom. The largest absolute Gasteiger partial charge is 0.454 e. The van der Waals surface area contributed by atoms with Crippen molar-refractivity contribution in [3.8, 4) is 11.5 Å². The van der Waals surface area contributed by atoms with Crippen molar-refractivity contribution in [1.82, 2.24) is 5.43 Å². The van der Waals surface area contributed by atoms with Gasteiger partial charge in [-0.3, -0.25) is 4.79 Å². The number of carbonyl (C=O) groups is 1. The molecule has 1 heterocycles. The first-order chi connectivity index (χ1) is 10.2. The zero-order chi connectivity index (χ0) is 14.7. The van der Waals surface area contributed by atoms with Gasteiger partial charge >= 0.3 is 0 Å². The molecule has 0 saturated carbocycles. The lowest BCUT2D eigenvalue weighted by Gasteiger charge is -2.03. The second kappa shape index (κ2) is 5.66. The topological polar surface area (TPSA) is 59.9 Å². The van der Waals surface area contributed by atoms with E-state index in [1.54, 1.807) is 12.3 Å². The van der Waals surface area contributed by atoms with Crippen LogP contribution in [0.2, 0.25) is 0 Å². The fourth-order valence-electron chi connectivity index (χ4n) is 2.05. The van der Waals surface area contributed by atoms with Crippen molar-refractivity contribution >= 4 is 12.1 Å². The van der Waals surface area contributed by atoms with Gasteiger partial charge in [0.05, 0.1) is 6.21 Å². The summed E-state index contributed by atoms with van der Waals surface area (Å²) in [5.74, 6) is 1.17. The van der Waals surface area contributed by atoms with Crippen molar-refractivity contribution < 1.29 is 14.3 Å². The van der Waals surface area contributed by atoms with Crippen molar-refractivity contribution in [3.05, 3.63) is 59.2 Å². The highest BCUT2D eigenvalue weighted by Crippen LogP contribution is 2.31. The van der Waals surface area contributed by atoms with Gasteiger partial charge in [0, 0.05) is 5.56 Å². The van der Waals surface area contributed by atoms with Crippen LogP contribution in [0.3, 0.4) is 0 Å². The first kappa shape index (κ1) is 13.2. The molecule has 3 rings (SSSR count). The van der Waals surface area contributed by atoms with Crippen molar-refractivity contribution in [2.45, 2.75) is 6.92 Å². The first-order valence-electron chi connectivity index (χ1n) is 6.53.